The number of carbonyl (C=O) groups is 1. The van der Waals surface area contributed by atoms with Crippen molar-refractivity contribution in [1.29, 1.82) is 5.26 Å². The summed E-state index contributed by atoms with van der Waals surface area (Å²) in [5, 5.41) is 9.10. The minimum atomic E-state index is -0.519. The lowest BCUT2D eigenvalue weighted by Gasteiger charge is -2.38. The van der Waals surface area contributed by atoms with Gasteiger partial charge in [0.05, 0.1) is 35.3 Å². The Morgan fingerprint density at radius 3 is 2.64 bits per heavy atom. The number of benzene rings is 2. The summed E-state index contributed by atoms with van der Waals surface area (Å²) >= 11 is 0. The minimum Gasteiger partial charge on any atom is -0.444 e. The van der Waals surface area contributed by atoms with Crippen LogP contribution in [0.4, 0.5) is 10.7 Å². The molecule has 3 aromatic rings. The number of aromatic nitrogens is 2. The van der Waals surface area contributed by atoms with Crippen LogP contribution >= 0.6 is 0 Å². The summed E-state index contributed by atoms with van der Waals surface area (Å²) in [5.74, 6) is 0.905. The topological polar surface area (TPSA) is 74.4 Å². The van der Waals surface area contributed by atoms with E-state index in [1.54, 1.807) is 4.90 Å². The lowest BCUT2D eigenvalue weighted by atomic mass is 10.1. The molecule has 2 heterocycles. The van der Waals surface area contributed by atoms with Gasteiger partial charge in [0.25, 0.3) is 0 Å². The molecule has 0 aliphatic carbocycles. The van der Waals surface area contributed by atoms with Gasteiger partial charge in [0.1, 0.15) is 5.60 Å². The average Bonchev–Trinajstić information content (AvgIpc) is 3.16. The van der Waals surface area contributed by atoms with Crippen molar-refractivity contribution >= 4 is 23.1 Å². The highest BCUT2D eigenvalue weighted by atomic mass is 16.6. The molecule has 0 saturated carbocycles. The van der Waals surface area contributed by atoms with E-state index < -0.39 is 5.60 Å². The SMILES string of the molecule is CN(C(=O)OC(C)(C)C)[C@@H]1CCCN(c2nc3ccccc3n2Cc2ccc(C#N)cc2)C1. The average molecular weight is 446 g/mol. The highest BCUT2D eigenvalue weighted by Gasteiger charge is 2.31. The minimum absolute atomic E-state index is 0.0526. The predicted molar refractivity (Wildman–Crippen MR) is 129 cm³/mol. The number of ether oxygens (including phenoxy) is 1. The molecule has 4 rings (SSSR count). The van der Waals surface area contributed by atoms with Gasteiger partial charge in [-0.15, -0.1) is 0 Å². The smallest absolute Gasteiger partial charge is 0.410 e. The largest absolute Gasteiger partial charge is 0.444 e. The molecule has 33 heavy (non-hydrogen) atoms. The van der Waals surface area contributed by atoms with Crippen LogP contribution in [0.15, 0.2) is 48.5 Å². The third-order valence-corrected chi connectivity index (χ3v) is 5.97. The van der Waals surface area contributed by atoms with Crippen molar-refractivity contribution in [3.8, 4) is 6.07 Å². The molecule has 7 heteroatoms. The molecule has 7 nitrogen and oxygen atoms in total. The molecule has 0 spiro atoms. The maximum absolute atomic E-state index is 12.6. The van der Waals surface area contributed by atoms with Crippen LogP contribution in [0.1, 0.15) is 44.7 Å². The van der Waals surface area contributed by atoms with E-state index in [1.807, 2.05) is 70.3 Å². The number of likely N-dealkylation sites (N-methyl/N-ethyl adjacent to an activating group) is 1. The van der Waals surface area contributed by atoms with E-state index in [-0.39, 0.29) is 12.1 Å². The van der Waals surface area contributed by atoms with Gasteiger partial charge in [-0.1, -0.05) is 24.3 Å². The van der Waals surface area contributed by atoms with Gasteiger partial charge in [0.15, 0.2) is 0 Å². The number of piperidine rings is 1. The molecule has 2 aromatic carbocycles. The van der Waals surface area contributed by atoms with E-state index in [9.17, 15) is 4.79 Å². The van der Waals surface area contributed by atoms with Gasteiger partial charge in [-0.2, -0.15) is 5.26 Å². The maximum atomic E-state index is 12.6. The number of amides is 1. The number of fused-ring (bicyclic) bond motifs is 1. The summed E-state index contributed by atoms with van der Waals surface area (Å²) in [5.41, 5.74) is 3.26. The van der Waals surface area contributed by atoms with Gasteiger partial charge >= 0.3 is 6.09 Å². The molecule has 1 aliphatic heterocycles. The van der Waals surface area contributed by atoms with Crippen LogP contribution in [0, 0.1) is 11.3 Å². The Kier molecular flexibility index (Phi) is 6.28. The van der Waals surface area contributed by atoms with E-state index >= 15 is 0 Å². The van der Waals surface area contributed by atoms with Crippen molar-refractivity contribution in [2.45, 2.75) is 51.8 Å². The zero-order chi connectivity index (χ0) is 23.6. The van der Waals surface area contributed by atoms with Crippen molar-refractivity contribution in [3.63, 3.8) is 0 Å². The summed E-state index contributed by atoms with van der Waals surface area (Å²) in [4.78, 5) is 21.6. The zero-order valence-electron chi connectivity index (χ0n) is 19.8. The molecule has 1 aliphatic rings. The number of rotatable bonds is 4. The lowest BCUT2D eigenvalue weighted by Crippen LogP contribution is -2.50. The van der Waals surface area contributed by atoms with Crippen LogP contribution in [0.5, 0.6) is 0 Å². The number of nitrogens with zero attached hydrogens (tertiary/aromatic N) is 5. The Morgan fingerprint density at radius 2 is 1.94 bits per heavy atom. The van der Waals surface area contributed by atoms with Crippen molar-refractivity contribution in [3.05, 3.63) is 59.7 Å². The molecule has 172 valence electrons. The van der Waals surface area contributed by atoms with Gasteiger partial charge in [0, 0.05) is 20.1 Å². The molecule has 1 saturated heterocycles. The van der Waals surface area contributed by atoms with Gasteiger partial charge < -0.3 is 19.1 Å². The Labute approximate surface area is 195 Å². The van der Waals surface area contributed by atoms with Gasteiger partial charge in [-0.05, 0) is 63.4 Å². The van der Waals surface area contributed by atoms with Gasteiger partial charge in [-0.25, -0.2) is 9.78 Å². The fourth-order valence-electron chi connectivity index (χ4n) is 4.26. The second kappa shape index (κ2) is 9.14. The highest BCUT2D eigenvalue weighted by Crippen LogP contribution is 2.28. The van der Waals surface area contributed by atoms with Gasteiger partial charge in [-0.3, -0.25) is 0 Å². The number of carbonyl (C=O) groups excluding carboxylic acids is 1. The Balaban J connectivity index is 1.61. The van der Waals surface area contributed by atoms with Crippen molar-refractivity contribution < 1.29 is 9.53 Å². The zero-order valence-corrected chi connectivity index (χ0v) is 19.8. The first kappa shape index (κ1) is 22.7. The van der Waals surface area contributed by atoms with E-state index in [2.05, 4.69) is 21.6 Å². The standard InChI is InChI=1S/C26H31N5O2/c1-26(2,3)33-25(32)29(4)21-8-7-15-30(18-21)24-28-22-9-5-6-10-23(22)31(24)17-20-13-11-19(16-27)12-14-20/h5-6,9-14,21H,7-8,15,17-18H2,1-4H3/t21-/m1/s1. The summed E-state index contributed by atoms with van der Waals surface area (Å²) in [6, 6.07) is 18.1. The van der Waals surface area contributed by atoms with Crippen LogP contribution in [0.2, 0.25) is 0 Å². The summed E-state index contributed by atoms with van der Waals surface area (Å²) in [6.45, 7) is 7.90. The quantitative estimate of drug-likeness (QED) is 0.577. The molecular weight excluding hydrogens is 414 g/mol. The molecule has 1 fully saturated rings. The number of hydrogen-bond donors (Lipinski definition) is 0. The van der Waals surface area contributed by atoms with E-state index in [0.29, 0.717) is 18.7 Å². The number of para-hydroxylation sites is 2. The summed E-state index contributed by atoms with van der Waals surface area (Å²) < 4.78 is 7.82. The number of nitriles is 1. The Morgan fingerprint density at radius 1 is 1.21 bits per heavy atom. The number of anilines is 1. The predicted octanol–water partition coefficient (Wildman–Crippen LogP) is 4.79. The van der Waals surface area contributed by atoms with Crippen molar-refractivity contribution in [2.24, 2.45) is 0 Å². The molecule has 0 N–H and O–H groups in total. The van der Waals surface area contributed by atoms with E-state index in [1.165, 1.54) is 0 Å². The third kappa shape index (κ3) is 5.11. The van der Waals surface area contributed by atoms with E-state index in [4.69, 9.17) is 15.0 Å². The van der Waals surface area contributed by atoms with Crippen molar-refractivity contribution in [2.75, 3.05) is 25.0 Å². The summed E-state index contributed by atoms with van der Waals surface area (Å²) in [7, 11) is 1.82. The molecule has 0 bridgehead atoms. The second-order valence-electron chi connectivity index (χ2n) is 9.63. The summed E-state index contributed by atoms with van der Waals surface area (Å²) in [6.07, 6.45) is 1.61. The number of hydrogen-bond acceptors (Lipinski definition) is 5. The molecule has 1 atom stereocenters. The molecule has 1 aromatic heterocycles. The van der Waals surface area contributed by atoms with Crippen LogP contribution in [-0.2, 0) is 11.3 Å². The van der Waals surface area contributed by atoms with E-state index in [0.717, 1.165) is 41.9 Å². The van der Waals surface area contributed by atoms with Crippen LogP contribution < -0.4 is 4.90 Å². The molecule has 1 amide bonds. The fourth-order valence-corrected chi connectivity index (χ4v) is 4.26. The molecule has 0 unspecified atom stereocenters. The second-order valence-corrected chi connectivity index (χ2v) is 9.63. The Bertz CT molecular complexity index is 1170. The fraction of sp³-hybridized carbons (Fsp3) is 0.423. The van der Waals surface area contributed by atoms with Crippen LogP contribution in [0.3, 0.4) is 0 Å². The monoisotopic (exact) mass is 445 g/mol. The molecule has 0 radical (unpaired) electrons. The van der Waals surface area contributed by atoms with Crippen molar-refractivity contribution in [1.82, 2.24) is 14.5 Å². The van der Waals surface area contributed by atoms with Crippen LogP contribution in [-0.4, -0.2) is 52.3 Å². The maximum Gasteiger partial charge on any atom is 0.410 e. The normalized spacial score (nSPS) is 16.5. The number of imidazole rings is 1. The van der Waals surface area contributed by atoms with Crippen LogP contribution in [0.25, 0.3) is 11.0 Å². The first-order valence-corrected chi connectivity index (χ1v) is 11.4. The first-order chi connectivity index (χ1) is 15.7. The molecular formula is C26H31N5O2. The first-order valence-electron chi connectivity index (χ1n) is 11.4. The third-order valence-electron chi connectivity index (χ3n) is 5.97. The Hall–Kier alpha value is -3.53. The lowest BCUT2D eigenvalue weighted by molar-refractivity contribution is 0.0209. The van der Waals surface area contributed by atoms with Gasteiger partial charge in [0.2, 0.25) is 5.95 Å². The highest BCUT2D eigenvalue weighted by molar-refractivity contribution is 5.79.